The first-order valence-corrected chi connectivity index (χ1v) is 14.4. The van der Waals surface area contributed by atoms with E-state index in [1.54, 1.807) is 40.3 Å². The summed E-state index contributed by atoms with van der Waals surface area (Å²) in [5.41, 5.74) is 2.81. The van der Waals surface area contributed by atoms with E-state index in [1.807, 2.05) is 42.6 Å². The Labute approximate surface area is 220 Å². The first kappa shape index (κ1) is 24.9. The van der Waals surface area contributed by atoms with Crippen molar-refractivity contribution in [3.8, 4) is 16.9 Å². The van der Waals surface area contributed by atoms with Gasteiger partial charge >= 0.3 is 0 Å². The van der Waals surface area contributed by atoms with E-state index in [1.165, 1.54) is 16.7 Å². The quantitative estimate of drug-likeness (QED) is 0.344. The molecule has 3 heterocycles. The second-order valence-corrected chi connectivity index (χ2v) is 12.7. The molecule has 0 aliphatic carbocycles. The highest BCUT2D eigenvalue weighted by molar-refractivity contribution is 8.26. The molecule has 2 aliphatic heterocycles. The van der Waals surface area contributed by atoms with E-state index in [2.05, 4.69) is 6.92 Å². The van der Waals surface area contributed by atoms with Gasteiger partial charge in [0, 0.05) is 37.5 Å². The number of sulfonamides is 1. The average Bonchev–Trinajstić information content (AvgIpc) is 3.41. The number of carbonyl (C=O) groups is 1. The second kappa shape index (κ2) is 9.93. The number of aromatic nitrogens is 2. The summed E-state index contributed by atoms with van der Waals surface area (Å²) in [4.78, 5) is 14.9. The van der Waals surface area contributed by atoms with Crippen LogP contribution >= 0.6 is 24.0 Å². The van der Waals surface area contributed by atoms with Crippen LogP contribution in [0.25, 0.3) is 23.0 Å². The molecule has 7 nitrogen and oxygen atoms in total. The first-order chi connectivity index (χ1) is 17.2. The largest absolute Gasteiger partial charge is 0.296 e. The van der Waals surface area contributed by atoms with Crippen molar-refractivity contribution in [3.63, 3.8) is 0 Å². The van der Waals surface area contributed by atoms with E-state index in [-0.39, 0.29) is 10.8 Å². The highest BCUT2D eigenvalue weighted by atomic mass is 32.2. The molecule has 1 atom stereocenters. The maximum atomic E-state index is 13.4. The Morgan fingerprint density at radius 2 is 1.92 bits per heavy atom. The summed E-state index contributed by atoms with van der Waals surface area (Å²) in [7, 11) is -1.97. The molecule has 0 spiro atoms. The zero-order valence-electron chi connectivity index (χ0n) is 20.0. The van der Waals surface area contributed by atoms with Gasteiger partial charge in [-0.2, -0.15) is 9.40 Å². The SMILES string of the molecule is CC1CCCN(S(=O)(=O)c2cccc(-c3nn(-c4ccccc4)cc3/C=C3\SC(=S)N(C)C3=O)c2)C1. The molecule has 2 fully saturated rings. The van der Waals surface area contributed by atoms with Crippen LogP contribution in [0.4, 0.5) is 0 Å². The number of amides is 1. The van der Waals surface area contributed by atoms with Crippen LogP contribution in [0.1, 0.15) is 25.3 Å². The number of piperidine rings is 1. The van der Waals surface area contributed by atoms with Gasteiger partial charge in [-0.3, -0.25) is 9.69 Å². The molecule has 0 bridgehead atoms. The van der Waals surface area contributed by atoms with Crippen LogP contribution in [0.3, 0.4) is 0 Å². The van der Waals surface area contributed by atoms with Gasteiger partial charge in [0.1, 0.15) is 10.0 Å². The van der Waals surface area contributed by atoms with Gasteiger partial charge in [0.2, 0.25) is 10.0 Å². The fourth-order valence-electron chi connectivity index (χ4n) is 4.43. The molecule has 1 unspecified atom stereocenters. The Kier molecular flexibility index (Phi) is 6.86. The number of likely N-dealkylation sites (N-methyl/N-ethyl adjacent to an activating group) is 1. The van der Waals surface area contributed by atoms with Crippen LogP contribution in [0.5, 0.6) is 0 Å². The number of hydrogen-bond acceptors (Lipinski definition) is 6. The smallest absolute Gasteiger partial charge is 0.265 e. The number of rotatable bonds is 5. The van der Waals surface area contributed by atoms with Crippen molar-refractivity contribution in [2.24, 2.45) is 5.92 Å². The summed E-state index contributed by atoms with van der Waals surface area (Å²) in [6, 6.07) is 16.5. The molecule has 0 N–H and O–H groups in total. The van der Waals surface area contributed by atoms with E-state index in [0.29, 0.717) is 45.1 Å². The van der Waals surface area contributed by atoms with Gasteiger partial charge in [0.25, 0.3) is 5.91 Å². The molecule has 1 amide bonds. The summed E-state index contributed by atoms with van der Waals surface area (Å²) in [5, 5.41) is 4.80. The molecule has 3 aromatic rings. The van der Waals surface area contributed by atoms with Crippen LogP contribution in [-0.2, 0) is 14.8 Å². The van der Waals surface area contributed by atoms with E-state index >= 15 is 0 Å². The minimum absolute atomic E-state index is 0.168. The van der Waals surface area contributed by atoms with Crippen molar-refractivity contribution in [2.75, 3.05) is 20.1 Å². The van der Waals surface area contributed by atoms with Crippen LogP contribution in [-0.4, -0.2) is 57.8 Å². The summed E-state index contributed by atoms with van der Waals surface area (Å²) < 4.78 is 30.7. The molecular formula is C26H26N4O3S3. The number of benzene rings is 2. The zero-order valence-corrected chi connectivity index (χ0v) is 22.4. The maximum absolute atomic E-state index is 13.4. The lowest BCUT2D eigenvalue weighted by atomic mass is 10.0. The molecule has 2 aromatic carbocycles. The van der Waals surface area contributed by atoms with Gasteiger partial charge in [0.15, 0.2) is 0 Å². The molecule has 10 heteroatoms. The summed E-state index contributed by atoms with van der Waals surface area (Å²) in [6.07, 6.45) is 5.52. The summed E-state index contributed by atoms with van der Waals surface area (Å²) in [6.45, 7) is 3.14. The van der Waals surface area contributed by atoms with E-state index in [0.717, 1.165) is 18.5 Å². The standard InChI is InChI=1S/C26H26N4O3S3/c1-18-8-7-13-29(16-18)36(32,33)22-12-6-9-19(14-22)24-20(15-23-25(31)28(2)26(34)35-23)17-30(27-24)21-10-4-3-5-11-21/h3-6,9-12,14-15,17-18H,7-8,13,16H2,1-2H3/b23-15-. The Hall–Kier alpha value is -2.79. The number of nitrogens with zero attached hydrogens (tertiary/aromatic N) is 4. The Bertz CT molecular complexity index is 1460. The molecule has 2 aliphatic rings. The Balaban J connectivity index is 1.59. The summed E-state index contributed by atoms with van der Waals surface area (Å²) in [5.74, 6) is 0.168. The zero-order chi connectivity index (χ0) is 25.4. The van der Waals surface area contributed by atoms with Gasteiger partial charge in [-0.25, -0.2) is 13.1 Å². The molecule has 36 heavy (non-hydrogen) atoms. The molecule has 0 saturated carbocycles. The fourth-order valence-corrected chi connectivity index (χ4v) is 7.25. The minimum Gasteiger partial charge on any atom is -0.296 e. The van der Waals surface area contributed by atoms with E-state index < -0.39 is 10.0 Å². The minimum atomic E-state index is -3.63. The van der Waals surface area contributed by atoms with E-state index in [4.69, 9.17) is 17.3 Å². The highest BCUT2D eigenvalue weighted by Crippen LogP contribution is 2.35. The Morgan fingerprint density at radius 3 is 2.61 bits per heavy atom. The van der Waals surface area contributed by atoms with Crippen LogP contribution in [0.2, 0.25) is 0 Å². The molecule has 0 radical (unpaired) electrons. The topological polar surface area (TPSA) is 75.5 Å². The summed E-state index contributed by atoms with van der Waals surface area (Å²) >= 11 is 6.52. The lowest BCUT2D eigenvalue weighted by molar-refractivity contribution is -0.121. The number of hydrogen-bond donors (Lipinski definition) is 0. The third-order valence-electron chi connectivity index (χ3n) is 6.40. The van der Waals surface area contributed by atoms with Gasteiger partial charge in [-0.1, -0.05) is 61.2 Å². The van der Waals surface area contributed by atoms with Gasteiger partial charge in [-0.05, 0) is 49.1 Å². The number of carbonyl (C=O) groups excluding carboxylic acids is 1. The second-order valence-electron chi connectivity index (χ2n) is 9.09. The third kappa shape index (κ3) is 4.78. The van der Waals surface area contributed by atoms with Gasteiger partial charge < -0.3 is 0 Å². The fraction of sp³-hybridized carbons (Fsp3) is 0.269. The van der Waals surface area contributed by atoms with Crippen LogP contribution in [0, 0.1) is 5.92 Å². The predicted octanol–water partition coefficient (Wildman–Crippen LogP) is 4.79. The number of para-hydroxylation sites is 1. The monoisotopic (exact) mass is 538 g/mol. The van der Waals surface area contributed by atoms with Crippen molar-refractivity contribution in [1.29, 1.82) is 0 Å². The maximum Gasteiger partial charge on any atom is 0.265 e. The molecule has 2 saturated heterocycles. The van der Waals surface area contributed by atoms with Crippen molar-refractivity contribution < 1.29 is 13.2 Å². The number of thioether (sulfide) groups is 1. The van der Waals surface area contributed by atoms with Crippen molar-refractivity contribution in [2.45, 2.75) is 24.7 Å². The van der Waals surface area contributed by atoms with Crippen molar-refractivity contribution in [3.05, 3.63) is 71.3 Å². The molecule has 5 rings (SSSR count). The average molecular weight is 539 g/mol. The first-order valence-electron chi connectivity index (χ1n) is 11.7. The normalized spacial score (nSPS) is 20.4. The van der Waals surface area contributed by atoms with Crippen molar-refractivity contribution in [1.82, 2.24) is 19.0 Å². The Morgan fingerprint density at radius 1 is 1.14 bits per heavy atom. The van der Waals surface area contributed by atoms with Gasteiger partial charge in [-0.15, -0.1) is 0 Å². The molecule has 1 aromatic heterocycles. The molecule has 186 valence electrons. The van der Waals surface area contributed by atoms with Gasteiger partial charge in [0.05, 0.1) is 15.5 Å². The third-order valence-corrected chi connectivity index (χ3v) is 9.75. The molecular weight excluding hydrogens is 513 g/mol. The van der Waals surface area contributed by atoms with E-state index in [9.17, 15) is 13.2 Å². The predicted molar refractivity (Wildman–Crippen MR) is 147 cm³/mol. The highest BCUT2D eigenvalue weighted by Gasteiger charge is 2.31. The van der Waals surface area contributed by atoms with Crippen LogP contribution in [0.15, 0.2) is 70.6 Å². The number of thiocarbonyl (C=S) groups is 1. The lowest BCUT2D eigenvalue weighted by Crippen LogP contribution is -2.39. The van der Waals surface area contributed by atoms with Crippen LogP contribution < -0.4 is 0 Å². The van der Waals surface area contributed by atoms with Crippen molar-refractivity contribution >= 4 is 50.3 Å². The lowest BCUT2D eigenvalue weighted by Gasteiger charge is -2.30.